The van der Waals surface area contributed by atoms with Crippen LogP contribution in [0.3, 0.4) is 0 Å². The lowest BCUT2D eigenvalue weighted by Gasteiger charge is -2.36. The molecule has 27 heavy (non-hydrogen) atoms. The molecule has 0 unspecified atom stereocenters. The van der Waals surface area contributed by atoms with Gasteiger partial charge in [-0.3, -0.25) is 4.79 Å². The van der Waals surface area contributed by atoms with Crippen molar-refractivity contribution < 1.29 is 13.2 Å². The zero-order valence-electron chi connectivity index (χ0n) is 15.4. The predicted molar refractivity (Wildman–Crippen MR) is 106 cm³/mol. The molecule has 144 valence electrons. The fraction of sp³-hybridized carbons (Fsp3) is 0.350. The number of nitrogens with zero attached hydrogens (tertiary/aromatic N) is 1. The summed E-state index contributed by atoms with van der Waals surface area (Å²) in [5.41, 5.74) is 3.38. The van der Waals surface area contributed by atoms with Crippen molar-refractivity contribution in [3.63, 3.8) is 0 Å². The molecule has 1 heterocycles. The summed E-state index contributed by atoms with van der Waals surface area (Å²) in [4.78, 5) is 14.6. The number of carbonyl (C=O) groups is 1. The van der Waals surface area contributed by atoms with Crippen molar-refractivity contribution in [1.82, 2.24) is 5.32 Å². The molecule has 1 aliphatic rings. The van der Waals surface area contributed by atoms with Crippen LogP contribution in [0.25, 0.3) is 0 Å². The van der Waals surface area contributed by atoms with Gasteiger partial charge < -0.3 is 10.2 Å². The van der Waals surface area contributed by atoms with Crippen LogP contribution in [0.2, 0.25) is 0 Å². The maximum atomic E-state index is 12.4. The number of benzene rings is 2. The number of hydrogen-bond donors (Lipinski definition) is 2. The van der Waals surface area contributed by atoms with E-state index in [-0.39, 0.29) is 10.8 Å². The highest BCUT2D eigenvalue weighted by Crippen LogP contribution is 2.29. The van der Waals surface area contributed by atoms with E-state index in [0.29, 0.717) is 25.6 Å². The molecule has 3 rings (SSSR count). The molecular formula is C20H25N3O3S. The quantitative estimate of drug-likeness (QED) is 0.791. The molecule has 6 nitrogen and oxygen atoms in total. The maximum Gasteiger partial charge on any atom is 0.239 e. The second-order valence-electron chi connectivity index (χ2n) is 6.93. The minimum atomic E-state index is -3.67. The third kappa shape index (κ3) is 4.87. The Morgan fingerprint density at radius 1 is 1.19 bits per heavy atom. The van der Waals surface area contributed by atoms with E-state index in [0.717, 1.165) is 24.1 Å². The number of aryl methyl sites for hydroxylation is 1. The van der Waals surface area contributed by atoms with Gasteiger partial charge in [0.15, 0.2) is 0 Å². The summed E-state index contributed by atoms with van der Waals surface area (Å²) >= 11 is 0. The summed E-state index contributed by atoms with van der Waals surface area (Å²) in [7, 11) is -3.67. The SMILES string of the molecule is C[C@@H]1CCc2ccccc2N1CC(=O)NCCc1ccc(S(N)(=O)=O)cc1. The summed E-state index contributed by atoms with van der Waals surface area (Å²) < 4.78 is 22.5. The standard InChI is InChI=1S/C20H25N3O3S/c1-15-6-9-17-4-2-3-5-19(17)23(15)14-20(24)22-13-12-16-7-10-18(11-8-16)27(21,25)26/h2-5,7-8,10-11,15H,6,9,12-14H2,1H3,(H,22,24)(H2,21,25,26)/t15-/m1/s1. The molecule has 0 saturated heterocycles. The zero-order chi connectivity index (χ0) is 19.4. The van der Waals surface area contributed by atoms with Crippen molar-refractivity contribution in [2.24, 2.45) is 5.14 Å². The molecule has 0 saturated carbocycles. The molecular weight excluding hydrogens is 362 g/mol. The molecule has 1 amide bonds. The Kier molecular flexibility index (Phi) is 5.82. The number of rotatable bonds is 6. The lowest BCUT2D eigenvalue weighted by atomic mass is 9.96. The molecule has 1 atom stereocenters. The summed E-state index contributed by atoms with van der Waals surface area (Å²) in [6.07, 6.45) is 2.72. The molecule has 0 spiro atoms. The second-order valence-corrected chi connectivity index (χ2v) is 8.49. The van der Waals surface area contributed by atoms with E-state index in [1.165, 1.54) is 17.7 Å². The van der Waals surface area contributed by atoms with Crippen molar-refractivity contribution in [2.45, 2.75) is 37.1 Å². The molecule has 0 aliphatic carbocycles. The first-order valence-corrected chi connectivity index (χ1v) is 10.6. The summed E-state index contributed by atoms with van der Waals surface area (Å²) in [6.45, 7) is 2.98. The molecule has 0 bridgehead atoms. The fourth-order valence-corrected chi connectivity index (χ4v) is 3.92. The molecule has 0 radical (unpaired) electrons. The highest BCUT2D eigenvalue weighted by Gasteiger charge is 2.24. The van der Waals surface area contributed by atoms with Crippen molar-refractivity contribution in [3.8, 4) is 0 Å². The smallest absolute Gasteiger partial charge is 0.239 e. The topological polar surface area (TPSA) is 92.5 Å². The molecule has 0 fully saturated rings. The van der Waals surface area contributed by atoms with E-state index in [4.69, 9.17) is 5.14 Å². The average Bonchev–Trinajstić information content (AvgIpc) is 2.64. The minimum Gasteiger partial charge on any atom is -0.359 e. The van der Waals surface area contributed by atoms with Gasteiger partial charge in [-0.05, 0) is 55.5 Å². The van der Waals surface area contributed by atoms with Crippen LogP contribution in [0, 0.1) is 0 Å². The van der Waals surface area contributed by atoms with Gasteiger partial charge in [-0.25, -0.2) is 13.6 Å². The number of nitrogens with one attached hydrogen (secondary N) is 1. The summed E-state index contributed by atoms with van der Waals surface area (Å²) in [5, 5.41) is 8.04. The zero-order valence-corrected chi connectivity index (χ0v) is 16.2. The van der Waals surface area contributed by atoms with Crippen LogP contribution in [0.5, 0.6) is 0 Å². The number of primary sulfonamides is 1. The van der Waals surface area contributed by atoms with Gasteiger partial charge in [-0.2, -0.15) is 0 Å². The monoisotopic (exact) mass is 387 g/mol. The average molecular weight is 388 g/mol. The minimum absolute atomic E-state index is 0.0142. The number of carbonyl (C=O) groups excluding carboxylic acids is 1. The normalized spacial score (nSPS) is 16.7. The van der Waals surface area contributed by atoms with Crippen LogP contribution in [0.15, 0.2) is 53.4 Å². The lowest BCUT2D eigenvalue weighted by Crippen LogP contribution is -2.44. The van der Waals surface area contributed by atoms with E-state index in [9.17, 15) is 13.2 Å². The lowest BCUT2D eigenvalue weighted by molar-refractivity contribution is -0.119. The van der Waals surface area contributed by atoms with Crippen molar-refractivity contribution in [1.29, 1.82) is 0 Å². The van der Waals surface area contributed by atoms with Crippen molar-refractivity contribution in [3.05, 3.63) is 59.7 Å². The molecule has 3 N–H and O–H groups in total. The van der Waals surface area contributed by atoms with Gasteiger partial charge in [-0.15, -0.1) is 0 Å². The van der Waals surface area contributed by atoms with E-state index in [2.05, 4.69) is 29.3 Å². The number of sulfonamides is 1. The van der Waals surface area contributed by atoms with Crippen molar-refractivity contribution in [2.75, 3.05) is 18.0 Å². The largest absolute Gasteiger partial charge is 0.359 e. The maximum absolute atomic E-state index is 12.4. The molecule has 7 heteroatoms. The number of fused-ring (bicyclic) bond motifs is 1. The first-order chi connectivity index (χ1) is 12.8. The highest BCUT2D eigenvalue weighted by molar-refractivity contribution is 7.89. The van der Waals surface area contributed by atoms with Gasteiger partial charge in [0.25, 0.3) is 0 Å². The second kappa shape index (κ2) is 8.10. The molecule has 2 aromatic rings. The van der Waals surface area contributed by atoms with Crippen molar-refractivity contribution >= 4 is 21.6 Å². The van der Waals surface area contributed by atoms with Crippen LogP contribution in [-0.2, 0) is 27.7 Å². The van der Waals surface area contributed by atoms with Gasteiger partial charge >= 0.3 is 0 Å². The molecule has 2 aromatic carbocycles. The van der Waals surface area contributed by atoms with Crippen LogP contribution >= 0.6 is 0 Å². The molecule has 1 aliphatic heterocycles. The number of amides is 1. The summed E-state index contributed by atoms with van der Waals surface area (Å²) in [5.74, 6) is -0.0142. The Balaban J connectivity index is 1.53. The van der Waals surface area contributed by atoms with E-state index in [1.54, 1.807) is 12.1 Å². The Morgan fingerprint density at radius 3 is 2.59 bits per heavy atom. The van der Waals surface area contributed by atoms with Crippen LogP contribution < -0.4 is 15.4 Å². The van der Waals surface area contributed by atoms with Gasteiger partial charge in [0.1, 0.15) is 0 Å². The Morgan fingerprint density at radius 2 is 1.89 bits per heavy atom. The van der Waals surface area contributed by atoms with Crippen LogP contribution in [-0.4, -0.2) is 33.5 Å². The summed E-state index contributed by atoms with van der Waals surface area (Å²) in [6, 6.07) is 15.0. The number of anilines is 1. The Labute approximate surface area is 160 Å². The van der Waals surface area contributed by atoms with Gasteiger partial charge in [0.05, 0.1) is 11.4 Å². The van der Waals surface area contributed by atoms with E-state index >= 15 is 0 Å². The number of nitrogens with two attached hydrogens (primary N) is 1. The Bertz CT molecular complexity index is 910. The van der Waals surface area contributed by atoms with E-state index < -0.39 is 10.0 Å². The number of para-hydroxylation sites is 1. The highest BCUT2D eigenvalue weighted by atomic mass is 32.2. The van der Waals surface area contributed by atoms with E-state index in [1.807, 2.05) is 12.1 Å². The fourth-order valence-electron chi connectivity index (χ4n) is 3.40. The first kappa shape index (κ1) is 19.4. The van der Waals surface area contributed by atoms with Crippen LogP contribution in [0.4, 0.5) is 5.69 Å². The van der Waals surface area contributed by atoms with Gasteiger partial charge in [0.2, 0.25) is 15.9 Å². The van der Waals surface area contributed by atoms with Gasteiger partial charge in [0, 0.05) is 18.3 Å². The first-order valence-electron chi connectivity index (χ1n) is 9.07. The van der Waals surface area contributed by atoms with Gasteiger partial charge in [-0.1, -0.05) is 30.3 Å². The third-order valence-electron chi connectivity index (χ3n) is 4.97. The molecule has 0 aromatic heterocycles. The third-order valence-corrected chi connectivity index (χ3v) is 5.90. The predicted octanol–water partition coefficient (Wildman–Crippen LogP) is 1.83. The number of hydrogen-bond acceptors (Lipinski definition) is 4. The Hall–Kier alpha value is -2.38. The van der Waals surface area contributed by atoms with Crippen LogP contribution in [0.1, 0.15) is 24.5 Å².